The molecule has 1 fully saturated rings. The second-order valence-electron chi connectivity index (χ2n) is 6.19. The van der Waals surface area contributed by atoms with E-state index in [2.05, 4.69) is 39.4 Å². The van der Waals surface area contributed by atoms with Gasteiger partial charge in [0.2, 0.25) is 5.95 Å². The van der Waals surface area contributed by atoms with Crippen molar-refractivity contribution in [1.82, 2.24) is 19.8 Å². The maximum Gasteiger partial charge on any atom is 0.248 e. The van der Waals surface area contributed by atoms with Crippen molar-refractivity contribution in [3.8, 4) is 11.3 Å². The van der Waals surface area contributed by atoms with E-state index in [1.54, 1.807) is 0 Å². The number of benzene rings is 2. The third-order valence-electron chi connectivity index (χ3n) is 4.68. The van der Waals surface area contributed by atoms with E-state index in [1.807, 2.05) is 34.8 Å². The van der Waals surface area contributed by atoms with Crippen LogP contribution in [0.1, 0.15) is 12.8 Å². The maximum absolute atomic E-state index is 4.93. The molecule has 4 aromatic rings. The summed E-state index contributed by atoms with van der Waals surface area (Å²) in [6.45, 7) is 2.05. The Bertz CT molecular complexity index is 1020. The monoisotopic (exact) mass is 315 g/mol. The third kappa shape index (κ3) is 1.98. The maximum atomic E-state index is 4.93. The molecule has 0 N–H and O–H groups in total. The van der Waals surface area contributed by atoms with Gasteiger partial charge in [0.15, 0.2) is 5.65 Å². The first-order chi connectivity index (χ1) is 11.9. The summed E-state index contributed by atoms with van der Waals surface area (Å²) in [5, 5.41) is 16.0. The van der Waals surface area contributed by atoms with Gasteiger partial charge in [0.1, 0.15) is 0 Å². The van der Waals surface area contributed by atoms with Gasteiger partial charge < -0.3 is 4.90 Å². The molecule has 5 nitrogen and oxygen atoms in total. The molecule has 1 aliphatic heterocycles. The molecule has 118 valence electrons. The lowest BCUT2D eigenvalue weighted by Gasteiger charge is -2.15. The molecule has 0 aliphatic carbocycles. The van der Waals surface area contributed by atoms with Crippen LogP contribution in [0.3, 0.4) is 0 Å². The van der Waals surface area contributed by atoms with Gasteiger partial charge in [-0.1, -0.05) is 54.6 Å². The molecule has 5 rings (SSSR count). The highest BCUT2D eigenvalue weighted by Crippen LogP contribution is 2.30. The largest absolute Gasteiger partial charge is 0.339 e. The molecule has 0 atom stereocenters. The standard InChI is InChI=1S/C19H17N5/c1-2-8-14(9-3-1)17-15-10-4-5-11-16(15)18-20-21-19(24(18)22-17)23-12-6-7-13-23/h1-5,8-11H,6-7,12-13H2. The normalized spacial score (nSPS) is 14.8. The summed E-state index contributed by atoms with van der Waals surface area (Å²) >= 11 is 0. The lowest BCUT2D eigenvalue weighted by molar-refractivity contribution is 0.838. The summed E-state index contributed by atoms with van der Waals surface area (Å²) < 4.78 is 1.91. The summed E-state index contributed by atoms with van der Waals surface area (Å²) in [5.41, 5.74) is 2.91. The molecule has 2 aromatic heterocycles. The Labute approximate surface area is 139 Å². The number of nitrogens with zero attached hydrogens (tertiary/aromatic N) is 5. The zero-order valence-electron chi connectivity index (χ0n) is 13.3. The molecular formula is C19H17N5. The minimum atomic E-state index is 0.826. The SMILES string of the molecule is c1ccc(-c2nn3c(N4CCCC4)nnc3c3ccccc23)cc1. The molecule has 0 spiro atoms. The van der Waals surface area contributed by atoms with Crippen LogP contribution in [0.2, 0.25) is 0 Å². The van der Waals surface area contributed by atoms with Gasteiger partial charge in [-0.05, 0) is 12.8 Å². The van der Waals surface area contributed by atoms with Crippen molar-refractivity contribution >= 4 is 22.4 Å². The molecule has 1 aliphatic rings. The molecule has 0 amide bonds. The molecule has 1 saturated heterocycles. The molecule has 2 aromatic carbocycles. The second-order valence-corrected chi connectivity index (χ2v) is 6.19. The van der Waals surface area contributed by atoms with Crippen LogP contribution in [0.5, 0.6) is 0 Å². The van der Waals surface area contributed by atoms with Crippen molar-refractivity contribution in [3.63, 3.8) is 0 Å². The predicted molar refractivity (Wildman–Crippen MR) is 95.2 cm³/mol. The number of fused-ring (bicyclic) bond motifs is 3. The van der Waals surface area contributed by atoms with Gasteiger partial charge in [0.25, 0.3) is 0 Å². The van der Waals surface area contributed by atoms with E-state index < -0.39 is 0 Å². The van der Waals surface area contributed by atoms with E-state index in [-0.39, 0.29) is 0 Å². The highest BCUT2D eigenvalue weighted by molar-refractivity contribution is 6.01. The average Bonchev–Trinajstić information content (AvgIpc) is 3.31. The topological polar surface area (TPSA) is 46.3 Å². The lowest BCUT2D eigenvalue weighted by atomic mass is 10.1. The quantitative estimate of drug-likeness (QED) is 0.567. The molecule has 5 heteroatoms. The number of aromatic nitrogens is 4. The summed E-state index contributed by atoms with van der Waals surface area (Å²) in [5.74, 6) is 0.852. The average molecular weight is 315 g/mol. The number of hydrogen-bond donors (Lipinski definition) is 0. The van der Waals surface area contributed by atoms with E-state index >= 15 is 0 Å². The van der Waals surface area contributed by atoms with Crippen LogP contribution in [0.15, 0.2) is 54.6 Å². The Morgan fingerprint density at radius 1 is 0.750 bits per heavy atom. The number of hydrogen-bond acceptors (Lipinski definition) is 4. The van der Waals surface area contributed by atoms with E-state index in [1.165, 1.54) is 12.8 Å². The minimum Gasteiger partial charge on any atom is -0.339 e. The molecule has 0 unspecified atom stereocenters. The fraction of sp³-hybridized carbons (Fsp3) is 0.211. The minimum absolute atomic E-state index is 0.826. The zero-order chi connectivity index (χ0) is 15.9. The van der Waals surface area contributed by atoms with Crippen molar-refractivity contribution in [2.75, 3.05) is 18.0 Å². The highest BCUT2D eigenvalue weighted by Gasteiger charge is 2.21. The molecule has 24 heavy (non-hydrogen) atoms. The van der Waals surface area contributed by atoms with Crippen molar-refractivity contribution in [2.45, 2.75) is 12.8 Å². The van der Waals surface area contributed by atoms with Gasteiger partial charge in [-0.2, -0.15) is 9.61 Å². The first-order valence-electron chi connectivity index (χ1n) is 8.36. The van der Waals surface area contributed by atoms with Crippen LogP contribution < -0.4 is 4.90 Å². The predicted octanol–water partition coefficient (Wildman–Crippen LogP) is 3.54. The van der Waals surface area contributed by atoms with Crippen LogP contribution >= 0.6 is 0 Å². The molecule has 0 radical (unpaired) electrons. The van der Waals surface area contributed by atoms with Crippen molar-refractivity contribution in [2.24, 2.45) is 0 Å². The Morgan fingerprint density at radius 2 is 1.46 bits per heavy atom. The molecular weight excluding hydrogens is 298 g/mol. The van der Waals surface area contributed by atoms with Gasteiger partial charge in [-0.25, -0.2) is 0 Å². The number of rotatable bonds is 2. The van der Waals surface area contributed by atoms with Gasteiger partial charge in [-0.3, -0.25) is 0 Å². The van der Waals surface area contributed by atoms with E-state index in [0.29, 0.717) is 0 Å². The third-order valence-corrected chi connectivity index (χ3v) is 4.68. The van der Waals surface area contributed by atoms with Gasteiger partial charge in [-0.15, -0.1) is 10.2 Å². The Kier molecular flexibility index (Phi) is 2.98. The van der Waals surface area contributed by atoms with E-state index in [9.17, 15) is 0 Å². The van der Waals surface area contributed by atoms with Gasteiger partial charge in [0, 0.05) is 29.4 Å². The Balaban J connectivity index is 1.84. The molecule has 0 saturated carbocycles. The summed E-state index contributed by atoms with van der Waals surface area (Å²) in [4.78, 5) is 2.27. The smallest absolute Gasteiger partial charge is 0.248 e. The lowest BCUT2D eigenvalue weighted by Crippen LogP contribution is -2.21. The highest BCUT2D eigenvalue weighted by atomic mass is 15.5. The van der Waals surface area contributed by atoms with Crippen molar-refractivity contribution < 1.29 is 0 Å². The second kappa shape index (κ2) is 5.30. The van der Waals surface area contributed by atoms with Crippen LogP contribution in [0, 0.1) is 0 Å². The summed E-state index contributed by atoms with van der Waals surface area (Å²) in [6, 6.07) is 18.6. The Morgan fingerprint density at radius 3 is 2.25 bits per heavy atom. The van der Waals surface area contributed by atoms with E-state index in [0.717, 1.165) is 46.7 Å². The van der Waals surface area contributed by atoms with Crippen molar-refractivity contribution in [3.05, 3.63) is 54.6 Å². The molecule has 3 heterocycles. The summed E-state index contributed by atoms with van der Waals surface area (Å²) in [7, 11) is 0. The van der Waals surface area contributed by atoms with E-state index in [4.69, 9.17) is 5.10 Å². The summed E-state index contributed by atoms with van der Waals surface area (Å²) in [6.07, 6.45) is 2.40. The van der Waals surface area contributed by atoms with Gasteiger partial charge in [0.05, 0.1) is 5.69 Å². The number of anilines is 1. The van der Waals surface area contributed by atoms with Crippen LogP contribution in [-0.2, 0) is 0 Å². The van der Waals surface area contributed by atoms with Crippen LogP contribution in [-0.4, -0.2) is 32.9 Å². The fourth-order valence-electron chi connectivity index (χ4n) is 3.49. The van der Waals surface area contributed by atoms with Crippen molar-refractivity contribution in [1.29, 1.82) is 0 Å². The molecule has 0 bridgehead atoms. The van der Waals surface area contributed by atoms with Gasteiger partial charge >= 0.3 is 0 Å². The van der Waals surface area contributed by atoms with Crippen LogP contribution in [0.4, 0.5) is 5.95 Å². The zero-order valence-corrected chi connectivity index (χ0v) is 13.3. The Hall–Kier alpha value is -2.95. The fourth-order valence-corrected chi connectivity index (χ4v) is 3.49. The first kappa shape index (κ1) is 13.5. The first-order valence-corrected chi connectivity index (χ1v) is 8.36. The van der Waals surface area contributed by atoms with Crippen LogP contribution in [0.25, 0.3) is 27.7 Å².